The zero-order valence-corrected chi connectivity index (χ0v) is 10.7. The SMILES string of the molecule is COc1ccccc1-c1nc(C=O)c2n1CCCN2. The lowest BCUT2D eigenvalue weighted by Gasteiger charge is -2.19. The molecule has 3 rings (SSSR count). The number of nitrogens with one attached hydrogen (secondary N) is 1. The fraction of sp³-hybridized carbons (Fsp3) is 0.286. The number of hydrogen-bond acceptors (Lipinski definition) is 4. The van der Waals surface area contributed by atoms with Crippen LogP contribution in [-0.4, -0.2) is 29.5 Å². The van der Waals surface area contributed by atoms with E-state index in [9.17, 15) is 4.79 Å². The van der Waals surface area contributed by atoms with Crippen LogP contribution < -0.4 is 10.1 Å². The van der Waals surface area contributed by atoms with Gasteiger partial charge in [0, 0.05) is 13.1 Å². The molecule has 0 saturated heterocycles. The van der Waals surface area contributed by atoms with Crippen molar-refractivity contribution in [2.75, 3.05) is 19.0 Å². The van der Waals surface area contributed by atoms with Crippen molar-refractivity contribution < 1.29 is 9.53 Å². The molecule has 0 radical (unpaired) electrons. The highest BCUT2D eigenvalue weighted by Crippen LogP contribution is 2.33. The Labute approximate surface area is 111 Å². The second kappa shape index (κ2) is 4.76. The van der Waals surface area contributed by atoms with Crippen LogP contribution in [0.15, 0.2) is 24.3 Å². The number of aldehydes is 1. The van der Waals surface area contributed by atoms with E-state index >= 15 is 0 Å². The molecule has 0 spiro atoms. The fourth-order valence-corrected chi connectivity index (χ4v) is 2.44. The minimum atomic E-state index is 0.459. The van der Waals surface area contributed by atoms with Crippen LogP contribution in [0.1, 0.15) is 16.9 Å². The molecular weight excluding hydrogens is 242 g/mol. The van der Waals surface area contributed by atoms with Crippen LogP contribution in [-0.2, 0) is 6.54 Å². The van der Waals surface area contributed by atoms with Crippen LogP contribution in [0.5, 0.6) is 5.75 Å². The Kier molecular flexibility index (Phi) is 2.95. The second-order valence-electron chi connectivity index (χ2n) is 4.42. The van der Waals surface area contributed by atoms with Gasteiger partial charge in [-0.3, -0.25) is 4.79 Å². The van der Waals surface area contributed by atoms with Crippen molar-refractivity contribution in [2.24, 2.45) is 0 Å². The predicted octanol–water partition coefficient (Wildman–Crippen LogP) is 2.19. The summed E-state index contributed by atoms with van der Waals surface area (Å²) < 4.78 is 7.42. The van der Waals surface area contributed by atoms with Gasteiger partial charge in [-0.25, -0.2) is 4.98 Å². The molecule has 1 aliphatic heterocycles. The smallest absolute Gasteiger partial charge is 0.172 e. The first-order chi connectivity index (χ1) is 9.35. The first-order valence-electron chi connectivity index (χ1n) is 6.28. The van der Waals surface area contributed by atoms with Gasteiger partial charge in [0.15, 0.2) is 6.29 Å². The number of fused-ring (bicyclic) bond motifs is 1. The largest absolute Gasteiger partial charge is 0.496 e. The first-order valence-corrected chi connectivity index (χ1v) is 6.28. The quantitative estimate of drug-likeness (QED) is 0.856. The molecule has 19 heavy (non-hydrogen) atoms. The van der Waals surface area contributed by atoms with Gasteiger partial charge in [0.05, 0.1) is 12.7 Å². The van der Waals surface area contributed by atoms with Crippen LogP contribution in [0.4, 0.5) is 5.82 Å². The Bertz CT molecular complexity index is 619. The number of hydrogen-bond donors (Lipinski definition) is 1. The van der Waals surface area contributed by atoms with E-state index in [0.717, 1.165) is 48.8 Å². The number of methoxy groups -OCH3 is 1. The summed E-state index contributed by atoms with van der Waals surface area (Å²) >= 11 is 0. The Morgan fingerprint density at radius 3 is 3.05 bits per heavy atom. The zero-order chi connectivity index (χ0) is 13.2. The summed E-state index contributed by atoms with van der Waals surface area (Å²) in [7, 11) is 1.64. The van der Waals surface area contributed by atoms with E-state index in [1.54, 1.807) is 7.11 Å². The van der Waals surface area contributed by atoms with Gasteiger partial charge < -0.3 is 14.6 Å². The summed E-state index contributed by atoms with van der Waals surface area (Å²) in [4.78, 5) is 15.6. The molecular formula is C14H15N3O2. The van der Waals surface area contributed by atoms with Gasteiger partial charge >= 0.3 is 0 Å². The number of ether oxygens (including phenoxy) is 1. The van der Waals surface area contributed by atoms with E-state index in [0.29, 0.717) is 5.69 Å². The van der Waals surface area contributed by atoms with E-state index in [4.69, 9.17) is 4.74 Å². The van der Waals surface area contributed by atoms with Crippen molar-refractivity contribution >= 4 is 12.1 Å². The van der Waals surface area contributed by atoms with Crippen LogP contribution in [0.2, 0.25) is 0 Å². The van der Waals surface area contributed by atoms with Crippen molar-refractivity contribution in [3.8, 4) is 17.1 Å². The molecule has 98 valence electrons. The molecule has 5 heteroatoms. The number of imidazole rings is 1. The summed E-state index contributed by atoms with van der Waals surface area (Å²) in [6.45, 7) is 1.73. The van der Waals surface area contributed by atoms with E-state index in [-0.39, 0.29) is 0 Å². The van der Waals surface area contributed by atoms with E-state index in [1.165, 1.54) is 0 Å². The molecule has 0 bridgehead atoms. The molecule has 1 N–H and O–H groups in total. The molecule has 2 aromatic rings. The molecule has 0 unspecified atom stereocenters. The third-order valence-corrected chi connectivity index (χ3v) is 3.31. The average Bonchev–Trinajstić information content (AvgIpc) is 2.86. The van der Waals surface area contributed by atoms with Gasteiger partial charge in [-0.15, -0.1) is 0 Å². The summed E-state index contributed by atoms with van der Waals surface area (Å²) in [5.74, 6) is 2.35. The van der Waals surface area contributed by atoms with Crippen LogP contribution in [0.3, 0.4) is 0 Å². The summed E-state index contributed by atoms with van der Waals surface area (Å²) in [5, 5.41) is 3.24. The third-order valence-electron chi connectivity index (χ3n) is 3.31. The number of anilines is 1. The predicted molar refractivity (Wildman–Crippen MR) is 72.7 cm³/mol. The Balaban J connectivity index is 2.20. The van der Waals surface area contributed by atoms with Crippen molar-refractivity contribution in [2.45, 2.75) is 13.0 Å². The number of rotatable bonds is 3. The standard InChI is InChI=1S/C14H15N3O2/c1-19-12-6-3-2-5-10(12)13-16-11(9-18)14-15-7-4-8-17(13)14/h2-3,5-6,9,15H,4,7-8H2,1H3. The number of aromatic nitrogens is 2. The minimum absolute atomic E-state index is 0.459. The lowest BCUT2D eigenvalue weighted by Crippen LogP contribution is -2.18. The molecule has 1 aliphatic rings. The number of carbonyl (C=O) groups is 1. The molecule has 0 fully saturated rings. The van der Waals surface area contributed by atoms with Gasteiger partial charge in [0.25, 0.3) is 0 Å². The molecule has 1 aromatic heterocycles. The number of carbonyl (C=O) groups excluding carboxylic acids is 1. The van der Waals surface area contributed by atoms with E-state index in [2.05, 4.69) is 10.3 Å². The van der Waals surface area contributed by atoms with Crippen molar-refractivity contribution in [3.63, 3.8) is 0 Å². The van der Waals surface area contributed by atoms with Crippen LogP contribution in [0, 0.1) is 0 Å². The molecule has 1 aromatic carbocycles. The number of benzene rings is 1. The number of para-hydroxylation sites is 1. The monoisotopic (exact) mass is 257 g/mol. The van der Waals surface area contributed by atoms with E-state index < -0.39 is 0 Å². The Morgan fingerprint density at radius 1 is 1.42 bits per heavy atom. The highest BCUT2D eigenvalue weighted by molar-refractivity contribution is 5.83. The van der Waals surface area contributed by atoms with Crippen molar-refractivity contribution in [1.82, 2.24) is 9.55 Å². The van der Waals surface area contributed by atoms with Crippen LogP contribution >= 0.6 is 0 Å². The molecule has 0 amide bonds. The van der Waals surface area contributed by atoms with Crippen molar-refractivity contribution in [1.29, 1.82) is 0 Å². The first kappa shape index (κ1) is 11.8. The normalized spacial score (nSPS) is 13.5. The second-order valence-corrected chi connectivity index (χ2v) is 4.42. The highest BCUT2D eigenvalue weighted by atomic mass is 16.5. The number of nitrogens with zero attached hydrogens (tertiary/aromatic N) is 2. The maximum Gasteiger partial charge on any atom is 0.172 e. The summed E-state index contributed by atoms with van der Waals surface area (Å²) in [5.41, 5.74) is 1.36. The van der Waals surface area contributed by atoms with Crippen molar-refractivity contribution in [3.05, 3.63) is 30.0 Å². The molecule has 0 atom stereocenters. The molecule has 2 heterocycles. The maximum atomic E-state index is 11.1. The molecule has 0 saturated carbocycles. The van der Waals surface area contributed by atoms with Gasteiger partial charge in [0.1, 0.15) is 23.1 Å². The van der Waals surface area contributed by atoms with Gasteiger partial charge in [-0.2, -0.15) is 0 Å². The topological polar surface area (TPSA) is 56.1 Å². The molecule has 0 aliphatic carbocycles. The van der Waals surface area contributed by atoms with Crippen LogP contribution in [0.25, 0.3) is 11.4 Å². The van der Waals surface area contributed by atoms with Gasteiger partial charge in [0.2, 0.25) is 0 Å². The van der Waals surface area contributed by atoms with E-state index in [1.807, 2.05) is 28.8 Å². The van der Waals surface area contributed by atoms with Gasteiger partial charge in [-0.05, 0) is 18.6 Å². The zero-order valence-electron chi connectivity index (χ0n) is 10.7. The molecule has 5 nitrogen and oxygen atoms in total. The Hall–Kier alpha value is -2.30. The lowest BCUT2D eigenvalue weighted by atomic mass is 10.2. The maximum absolute atomic E-state index is 11.1. The Morgan fingerprint density at radius 2 is 2.26 bits per heavy atom. The average molecular weight is 257 g/mol. The fourth-order valence-electron chi connectivity index (χ4n) is 2.44. The third kappa shape index (κ3) is 1.87. The lowest BCUT2D eigenvalue weighted by molar-refractivity contribution is 0.112. The summed E-state index contributed by atoms with van der Waals surface area (Å²) in [6, 6.07) is 7.71. The minimum Gasteiger partial charge on any atom is -0.496 e. The highest BCUT2D eigenvalue weighted by Gasteiger charge is 2.21. The summed E-state index contributed by atoms with van der Waals surface area (Å²) in [6.07, 6.45) is 1.81. The van der Waals surface area contributed by atoms with Gasteiger partial charge in [-0.1, -0.05) is 12.1 Å².